The third-order valence-corrected chi connectivity index (χ3v) is 3.91. The average Bonchev–Trinajstić information content (AvgIpc) is 3.02. The molecule has 1 heterocycles. The first kappa shape index (κ1) is 21.9. The lowest BCUT2D eigenvalue weighted by Crippen LogP contribution is -2.33. The molecule has 0 aliphatic rings. The average molecular weight is 409 g/mol. The largest absolute Gasteiger partial charge is 0.405 e. The Morgan fingerprint density at radius 1 is 1.15 bits per heavy atom. The molecular formula is C15H16ClF3N4O2S. The number of carbonyl (C=O) groups is 2. The van der Waals surface area contributed by atoms with Crippen molar-refractivity contribution in [3.63, 3.8) is 0 Å². The highest BCUT2D eigenvalue weighted by Gasteiger charge is 2.27. The number of thiazole rings is 1. The Labute approximate surface area is 157 Å². The Morgan fingerprint density at radius 3 is 2.38 bits per heavy atom. The van der Waals surface area contributed by atoms with Crippen LogP contribution in [0.4, 0.5) is 18.9 Å². The maximum Gasteiger partial charge on any atom is 0.405 e. The van der Waals surface area contributed by atoms with E-state index in [1.807, 2.05) is 0 Å². The molecule has 142 valence electrons. The fourth-order valence-corrected chi connectivity index (χ4v) is 2.63. The van der Waals surface area contributed by atoms with E-state index in [2.05, 4.69) is 10.3 Å². The van der Waals surface area contributed by atoms with Crippen LogP contribution in [0.15, 0.2) is 29.6 Å². The molecule has 1 aromatic carbocycles. The lowest BCUT2D eigenvalue weighted by molar-refractivity contribution is -0.123. The summed E-state index contributed by atoms with van der Waals surface area (Å²) >= 11 is 1.33. The molecule has 11 heteroatoms. The van der Waals surface area contributed by atoms with Crippen molar-refractivity contribution < 1.29 is 22.8 Å². The SMILES string of the molecule is Cl.NCCc1nc(C(=O)Nc2ccc(C(=O)NCC(F)(F)F)cc2)cs1. The molecule has 0 bridgehead atoms. The minimum atomic E-state index is -4.47. The van der Waals surface area contributed by atoms with Crippen molar-refractivity contribution in [3.8, 4) is 0 Å². The predicted molar refractivity (Wildman–Crippen MR) is 94.9 cm³/mol. The van der Waals surface area contributed by atoms with Crippen LogP contribution in [0.1, 0.15) is 25.9 Å². The Morgan fingerprint density at radius 2 is 1.81 bits per heavy atom. The van der Waals surface area contributed by atoms with Gasteiger partial charge in [-0.1, -0.05) is 0 Å². The molecule has 1 aromatic heterocycles. The molecule has 6 nitrogen and oxygen atoms in total. The van der Waals surface area contributed by atoms with E-state index < -0.39 is 24.5 Å². The van der Waals surface area contributed by atoms with Gasteiger partial charge in [-0.2, -0.15) is 13.2 Å². The van der Waals surface area contributed by atoms with Gasteiger partial charge in [0.05, 0.1) is 5.01 Å². The molecule has 0 aliphatic heterocycles. The zero-order valence-electron chi connectivity index (χ0n) is 13.3. The van der Waals surface area contributed by atoms with Crippen molar-refractivity contribution in [3.05, 3.63) is 45.9 Å². The summed E-state index contributed by atoms with van der Waals surface area (Å²) in [6.45, 7) is -0.967. The van der Waals surface area contributed by atoms with Crippen LogP contribution in [-0.2, 0) is 6.42 Å². The van der Waals surface area contributed by atoms with E-state index in [9.17, 15) is 22.8 Å². The number of halogens is 4. The first-order valence-corrected chi connectivity index (χ1v) is 8.07. The first-order valence-electron chi connectivity index (χ1n) is 7.19. The van der Waals surface area contributed by atoms with E-state index >= 15 is 0 Å². The van der Waals surface area contributed by atoms with Gasteiger partial charge in [-0.3, -0.25) is 9.59 Å². The summed E-state index contributed by atoms with van der Waals surface area (Å²) in [7, 11) is 0. The minimum Gasteiger partial charge on any atom is -0.343 e. The first-order chi connectivity index (χ1) is 11.8. The van der Waals surface area contributed by atoms with Gasteiger partial charge in [-0.25, -0.2) is 4.98 Å². The molecule has 0 aliphatic carbocycles. The third-order valence-electron chi connectivity index (χ3n) is 3.00. The molecule has 0 saturated heterocycles. The second-order valence-corrected chi connectivity index (χ2v) is 5.94. The number of nitrogens with one attached hydrogen (secondary N) is 2. The number of hydrogen-bond acceptors (Lipinski definition) is 5. The molecule has 26 heavy (non-hydrogen) atoms. The summed E-state index contributed by atoms with van der Waals surface area (Å²) < 4.78 is 36.2. The highest BCUT2D eigenvalue weighted by Crippen LogP contribution is 2.15. The highest BCUT2D eigenvalue weighted by molar-refractivity contribution is 7.09. The van der Waals surface area contributed by atoms with Gasteiger partial charge >= 0.3 is 6.18 Å². The van der Waals surface area contributed by atoms with Crippen LogP contribution < -0.4 is 16.4 Å². The Bertz CT molecular complexity index is 750. The van der Waals surface area contributed by atoms with Gasteiger partial charge in [0.2, 0.25) is 0 Å². The van der Waals surface area contributed by atoms with Gasteiger partial charge in [-0.05, 0) is 30.8 Å². The number of anilines is 1. The van der Waals surface area contributed by atoms with Crippen molar-refractivity contribution in [2.45, 2.75) is 12.6 Å². The molecule has 0 unspecified atom stereocenters. The molecule has 2 amide bonds. The molecule has 0 saturated carbocycles. The molecule has 0 atom stereocenters. The standard InChI is InChI=1S/C15H15F3N4O2S.ClH/c16-15(17,18)8-20-13(23)9-1-3-10(4-2-9)21-14(24)11-7-25-12(22-11)5-6-19;/h1-4,7H,5-6,8,19H2,(H,20,23)(H,21,24);1H. The zero-order valence-corrected chi connectivity index (χ0v) is 14.9. The minimum absolute atomic E-state index is 0. The molecule has 4 N–H and O–H groups in total. The number of alkyl halides is 3. The summed E-state index contributed by atoms with van der Waals surface area (Å²) in [6, 6.07) is 5.49. The number of nitrogens with two attached hydrogens (primary N) is 1. The van der Waals surface area contributed by atoms with E-state index in [4.69, 9.17) is 5.73 Å². The summed E-state index contributed by atoms with van der Waals surface area (Å²) in [4.78, 5) is 27.8. The summed E-state index contributed by atoms with van der Waals surface area (Å²) in [5, 5.41) is 6.73. The van der Waals surface area contributed by atoms with E-state index in [1.54, 1.807) is 10.7 Å². The lowest BCUT2D eigenvalue weighted by Gasteiger charge is -2.09. The van der Waals surface area contributed by atoms with Gasteiger partial charge in [0.15, 0.2) is 0 Å². The van der Waals surface area contributed by atoms with Crippen LogP contribution in [0.5, 0.6) is 0 Å². The monoisotopic (exact) mass is 408 g/mol. The van der Waals surface area contributed by atoms with Gasteiger partial charge in [0.1, 0.15) is 12.2 Å². The van der Waals surface area contributed by atoms with E-state index in [0.717, 1.165) is 5.01 Å². The van der Waals surface area contributed by atoms with Gasteiger partial charge in [0.25, 0.3) is 11.8 Å². The normalized spacial score (nSPS) is 10.8. The van der Waals surface area contributed by atoms with Crippen molar-refractivity contribution in [2.75, 3.05) is 18.4 Å². The molecule has 2 rings (SSSR count). The van der Waals surface area contributed by atoms with Crippen LogP contribution in [0.3, 0.4) is 0 Å². The smallest absolute Gasteiger partial charge is 0.343 e. The van der Waals surface area contributed by atoms with Crippen molar-refractivity contribution >= 4 is 41.2 Å². The molecular weight excluding hydrogens is 393 g/mol. The maximum atomic E-state index is 12.1. The summed E-state index contributed by atoms with van der Waals surface area (Å²) in [6.07, 6.45) is -3.89. The second-order valence-electron chi connectivity index (χ2n) is 4.99. The van der Waals surface area contributed by atoms with Crippen molar-refractivity contribution in [1.29, 1.82) is 0 Å². The molecule has 0 spiro atoms. The number of rotatable bonds is 6. The van der Waals surface area contributed by atoms with Crippen LogP contribution in [0, 0.1) is 0 Å². The van der Waals surface area contributed by atoms with Crippen molar-refractivity contribution in [2.24, 2.45) is 5.73 Å². The Kier molecular flexibility index (Phi) is 8.00. The van der Waals surface area contributed by atoms with Crippen LogP contribution in [-0.4, -0.2) is 36.1 Å². The van der Waals surface area contributed by atoms with Crippen LogP contribution >= 0.6 is 23.7 Å². The Balaban J connectivity index is 0.00000338. The fraction of sp³-hybridized carbons (Fsp3) is 0.267. The van der Waals surface area contributed by atoms with Crippen LogP contribution in [0.25, 0.3) is 0 Å². The number of hydrogen-bond donors (Lipinski definition) is 3. The van der Waals surface area contributed by atoms with Gasteiger partial charge in [-0.15, -0.1) is 23.7 Å². The zero-order chi connectivity index (χ0) is 18.4. The highest BCUT2D eigenvalue weighted by atomic mass is 35.5. The van der Waals surface area contributed by atoms with Crippen molar-refractivity contribution in [1.82, 2.24) is 10.3 Å². The number of carbonyl (C=O) groups excluding carboxylic acids is 2. The maximum absolute atomic E-state index is 12.1. The fourth-order valence-electron chi connectivity index (χ4n) is 1.84. The number of amides is 2. The van der Waals surface area contributed by atoms with Crippen LogP contribution in [0.2, 0.25) is 0 Å². The van der Waals surface area contributed by atoms with Gasteiger partial charge < -0.3 is 16.4 Å². The quantitative estimate of drug-likeness (QED) is 0.684. The van der Waals surface area contributed by atoms with E-state index in [1.165, 1.54) is 35.6 Å². The van der Waals surface area contributed by atoms with E-state index in [0.29, 0.717) is 18.7 Å². The number of aromatic nitrogens is 1. The second kappa shape index (κ2) is 9.51. The lowest BCUT2D eigenvalue weighted by atomic mass is 10.2. The predicted octanol–water partition coefficient (Wildman–Crippen LogP) is 2.61. The number of nitrogens with zero attached hydrogens (tertiary/aromatic N) is 1. The summed E-state index contributed by atoms with van der Waals surface area (Å²) in [5.74, 6) is -1.27. The molecule has 2 aromatic rings. The van der Waals surface area contributed by atoms with E-state index in [-0.39, 0.29) is 23.7 Å². The number of benzene rings is 1. The molecule has 0 radical (unpaired) electrons. The van der Waals surface area contributed by atoms with Gasteiger partial charge in [0, 0.05) is 23.1 Å². The summed E-state index contributed by atoms with van der Waals surface area (Å²) in [5.41, 5.74) is 6.13. The third kappa shape index (κ3) is 6.62. The topological polar surface area (TPSA) is 97.1 Å². The Hall–Kier alpha value is -2.17. The molecule has 0 fully saturated rings.